The minimum absolute atomic E-state index is 0.0227. The van der Waals surface area contributed by atoms with Crippen molar-refractivity contribution in [3.8, 4) is 0 Å². The average Bonchev–Trinajstić information content (AvgIpc) is 3.04. The van der Waals surface area contributed by atoms with E-state index in [-0.39, 0.29) is 15.9 Å². The second-order valence-electron chi connectivity index (χ2n) is 7.19. The van der Waals surface area contributed by atoms with Gasteiger partial charge in [-0.15, -0.1) is 0 Å². The summed E-state index contributed by atoms with van der Waals surface area (Å²) >= 11 is 0. The Morgan fingerprint density at radius 1 is 1.15 bits per heavy atom. The van der Waals surface area contributed by atoms with E-state index in [9.17, 15) is 13.2 Å². The van der Waals surface area contributed by atoms with Gasteiger partial charge in [0.2, 0.25) is 0 Å². The van der Waals surface area contributed by atoms with Gasteiger partial charge in [0.15, 0.2) is 0 Å². The molecule has 1 aromatic heterocycles. The number of hydrogen-bond donors (Lipinski definition) is 2. The number of methoxy groups -OCH3 is 1. The lowest BCUT2D eigenvalue weighted by Crippen LogP contribution is -2.14. The zero-order valence-corrected chi connectivity index (χ0v) is 16.3. The van der Waals surface area contributed by atoms with E-state index in [1.165, 1.54) is 31.4 Å². The Balaban J connectivity index is 1.93. The zero-order chi connectivity index (χ0) is 19.8. The largest absolute Gasteiger partial charge is 0.465 e. The summed E-state index contributed by atoms with van der Waals surface area (Å²) in [6.07, 6.45) is 0. The van der Waals surface area contributed by atoms with Crippen molar-refractivity contribution in [2.24, 2.45) is 0 Å². The molecule has 142 valence electrons. The molecule has 3 aromatic rings. The second-order valence-corrected chi connectivity index (χ2v) is 8.87. The molecular weight excluding hydrogens is 366 g/mol. The number of hydrogen-bond acceptors (Lipinski definition) is 5. The second kappa shape index (κ2) is 6.70. The zero-order valence-electron chi connectivity index (χ0n) is 15.5. The molecule has 0 amide bonds. The molecule has 27 heavy (non-hydrogen) atoms. The van der Waals surface area contributed by atoms with Crippen LogP contribution >= 0.6 is 0 Å². The van der Waals surface area contributed by atoms with Crippen molar-refractivity contribution in [1.82, 2.24) is 9.97 Å². The molecule has 0 saturated heterocycles. The molecule has 0 unspecified atom stereocenters. The normalized spacial score (nSPS) is 12.1. The molecule has 8 heteroatoms. The molecule has 0 radical (unpaired) electrons. The van der Waals surface area contributed by atoms with Gasteiger partial charge in [0.25, 0.3) is 10.0 Å². The first-order chi connectivity index (χ1) is 12.6. The number of anilines is 1. The van der Waals surface area contributed by atoms with Crippen LogP contribution in [0.4, 0.5) is 5.69 Å². The van der Waals surface area contributed by atoms with Crippen molar-refractivity contribution in [2.45, 2.75) is 31.1 Å². The summed E-state index contributed by atoms with van der Waals surface area (Å²) < 4.78 is 32.5. The van der Waals surface area contributed by atoms with Crippen molar-refractivity contribution in [3.05, 3.63) is 53.9 Å². The fraction of sp³-hybridized carbons (Fsp3) is 0.263. The van der Waals surface area contributed by atoms with Gasteiger partial charge < -0.3 is 9.72 Å². The molecule has 7 nitrogen and oxygen atoms in total. The highest BCUT2D eigenvalue weighted by Gasteiger charge is 2.20. The predicted molar refractivity (Wildman–Crippen MR) is 103 cm³/mol. The fourth-order valence-corrected chi connectivity index (χ4v) is 3.65. The number of esters is 1. The lowest BCUT2D eigenvalue weighted by Gasteiger charge is -2.13. The Morgan fingerprint density at radius 2 is 1.89 bits per heavy atom. The highest BCUT2D eigenvalue weighted by Crippen LogP contribution is 2.25. The maximum atomic E-state index is 12.7. The first kappa shape index (κ1) is 18.9. The summed E-state index contributed by atoms with van der Waals surface area (Å²) in [6, 6.07) is 10.8. The summed E-state index contributed by atoms with van der Waals surface area (Å²) in [5, 5.41) is 0. The molecule has 0 bridgehead atoms. The summed E-state index contributed by atoms with van der Waals surface area (Å²) in [5.74, 6) is 0.226. The van der Waals surface area contributed by atoms with Gasteiger partial charge in [-0.2, -0.15) is 0 Å². The van der Waals surface area contributed by atoms with Gasteiger partial charge in [-0.05, 0) is 36.4 Å². The molecule has 0 atom stereocenters. The van der Waals surface area contributed by atoms with Gasteiger partial charge in [-0.3, -0.25) is 4.72 Å². The minimum Gasteiger partial charge on any atom is -0.465 e. The average molecular weight is 387 g/mol. The molecule has 2 N–H and O–H groups in total. The Kier molecular flexibility index (Phi) is 4.69. The van der Waals surface area contributed by atoms with E-state index in [1.807, 2.05) is 20.8 Å². The topological polar surface area (TPSA) is 101 Å². The maximum Gasteiger partial charge on any atom is 0.337 e. The highest BCUT2D eigenvalue weighted by atomic mass is 32.2. The molecule has 0 fully saturated rings. The Morgan fingerprint density at radius 3 is 2.56 bits per heavy atom. The number of rotatable bonds is 4. The van der Waals surface area contributed by atoms with Gasteiger partial charge in [-0.25, -0.2) is 18.2 Å². The molecular formula is C19H21N3O4S. The van der Waals surface area contributed by atoms with Gasteiger partial charge in [0.05, 0.1) is 34.3 Å². The molecule has 2 aromatic carbocycles. The van der Waals surface area contributed by atoms with Crippen LogP contribution in [0.5, 0.6) is 0 Å². The smallest absolute Gasteiger partial charge is 0.337 e. The number of carbonyl (C=O) groups is 1. The predicted octanol–water partition coefficient (Wildman–Crippen LogP) is 3.45. The van der Waals surface area contributed by atoms with Gasteiger partial charge in [0, 0.05) is 5.41 Å². The van der Waals surface area contributed by atoms with Crippen LogP contribution in [-0.4, -0.2) is 31.5 Å². The van der Waals surface area contributed by atoms with Crippen molar-refractivity contribution in [1.29, 1.82) is 0 Å². The van der Waals surface area contributed by atoms with Crippen LogP contribution in [0.2, 0.25) is 0 Å². The van der Waals surface area contributed by atoms with E-state index in [0.717, 1.165) is 16.9 Å². The maximum absolute atomic E-state index is 12.7. The number of H-pyrrole nitrogens is 1. The molecule has 0 aliphatic rings. The van der Waals surface area contributed by atoms with Crippen molar-refractivity contribution >= 4 is 32.7 Å². The first-order valence-electron chi connectivity index (χ1n) is 8.31. The van der Waals surface area contributed by atoms with Crippen LogP contribution in [0.1, 0.15) is 37.0 Å². The summed E-state index contributed by atoms with van der Waals surface area (Å²) in [4.78, 5) is 19.4. The number of carbonyl (C=O) groups excluding carboxylic acids is 1. The van der Waals surface area contributed by atoms with E-state index >= 15 is 0 Å². The number of aromatic amines is 1. The lowest BCUT2D eigenvalue weighted by molar-refractivity contribution is 0.0600. The standard InChI is InChI=1S/C19H21N3O4S/c1-19(2,3)18-20-15-9-8-13(11-16(15)21-18)22-27(24,25)14-7-5-6-12(10-14)17(23)26-4/h5-11,22H,1-4H3,(H,20,21). The number of aromatic nitrogens is 2. The van der Waals surface area contributed by atoms with Crippen LogP contribution < -0.4 is 4.72 Å². The third-order valence-corrected chi connectivity index (χ3v) is 5.39. The molecule has 0 aliphatic heterocycles. The number of fused-ring (bicyclic) bond motifs is 1. The van der Waals surface area contributed by atoms with Crippen molar-refractivity contribution in [3.63, 3.8) is 0 Å². The number of nitrogens with one attached hydrogen (secondary N) is 2. The summed E-state index contributed by atoms with van der Waals surface area (Å²) in [5.41, 5.74) is 1.92. The third-order valence-electron chi connectivity index (χ3n) is 4.01. The third kappa shape index (κ3) is 3.95. The van der Waals surface area contributed by atoms with E-state index in [1.54, 1.807) is 18.2 Å². The van der Waals surface area contributed by atoms with Gasteiger partial charge >= 0.3 is 5.97 Å². The lowest BCUT2D eigenvalue weighted by atomic mass is 9.96. The highest BCUT2D eigenvalue weighted by molar-refractivity contribution is 7.92. The van der Waals surface area contributed by atoms with Crippen LogP contribution in [0.3, 0.4) is 0 Å². The number of nitrogens with zero attached hydrogens (tertiary/aromatic N) is 1. The van der Waals surface area contributed by atoms with E-state index in [2.05, 4.69) is 19.4 Å². The van der Waals surface area contributed by atoms with Crippen LogP contribution in [-0.2, 0) is 20.2 Å². The van der Waals surface area contributed by atoms with Gasteiger partial charge in [-0.1, -0.05) is 26.8 Å². The Labute approximate surface area is 157 Å². The quantitative estimate of drug-likeness (QED) is 0.668. The number of ether oxygens (including phenoxy) is 1. The minimum atomic E-state index is -3.86. The molecule has 0 aliphatic carbocycles. The van der Waals surface area contributed by atoms with Crippen LogP contribution in [0.25, 0.3) is 11.0 Å². The Hall–Kier alpha value is -2.87. The first-order valence-corrected chi connectivity index (χ1v) is 9.80. The van der Waals surface area contributed by atoms with Gasteiger partial charge in [0.1, 0.15) is 5.82 Å². The molecule has 0 spiro atoms. The fourth-order valence-electron chi connectivity index (χ4n) is 2.55. The number of benzene rings is 2. The van der Waals surface area contributed by atoms with Crippen molar-refractivity contribution < 1.29 is 17.9 Å². The molecule has 3 rings (SSSR count). The van der Waals surface area contributed by atoms with Crippen molar-refractivity contribution in [2.75, 3.05) is 11.8 Å². The van der Waals surface area contributed by atoms with Crippen LogP contribution in [0.15, 0.2) is 47.4 Å². The van der Waals surface area contributed by atoms with E-state index in [4.69, 9.17) is 0 Å². The van der Waals surface area contributed by atoms with E-state index < -0.39 is 16.0 Å². The van der Waals surface area contributed by atoms with E-state index in [0.29, 0.717) is 5.69 Å². The SMILES string of the molecule is COC(=O)c1cccc(S(=O)(=O)Nc2ccc3nc(C(C)(C)C)[nH]c3c2)c1. The Bertz CT molecular complexity index is 1110. The molecule has 0 saturated carbocycles. The summed E-state index contributed by atoms with van der Waals surface area (Å²) in [6.45, 7) is 6.13. The molecule has 1 heterocycles. The summed E-state index contributed by atoms with van der Waals surface area (Å²) in [7, 11) is -2.62. The monoisotopic (exact) mass is 387 g/mol. The number of sulfonamides is 1. The number of imidazole rings is 1. The van der Waals surface area contributed by atoms with Crippen LogP contribution in [0, 0.1) is 0 Å².